The molecule has 1 aliphatic rings. The molecule has 0 bridgehead atoms. The van der Waals surface area contributed by atoms with Gasteiger partial charge in [0.25, 0.3) is 0 Å². The number of hydrogen-bond donors (Lipinski definition) is 0. The van der Waals surface area contributed by atoms with Crippen LogP contribution in [0.1, 0.15) is 83.1 Å². The van der Waals surface area contributed by atoms with Gasteiger partial charge in [0.05, 0.1) is 0 Å². The van der Waals surface area contributed by atoms with Crippen molar-refractivity contribution >= 4 is 5.97 Å². The van der Waals surface area contributed by atoms with Gasteiger partial charge in [0, 0.05) is 6.42 Å². The van der Waals surface area contributed by atoms with Crippen molar-refractivity contribution in [1.82, 2.24) is 0 Å². The molecule has 0 unspecified atom stereocenters. The van der Waals surface area contributed by atoms with Crippen LogP contribution in [0.4, 0.5) is 0 Å². The van der Waals surface area contributed by atoms with E-state index >= 15 is 0 Å². The number of ether oxygens (including phenoxy) is 1. The first-order valence-electron chi connectivity index (χ1n) is 11.1. The van der Waals surface area contributed by atoms with E-state index in [0.717, 1.165) is 17.4 Å². The van der Waals surface area contributed by atoms with Crippen LogP contribution >= 0.6 is 0 Å². The number of unbranched alkanes of at least 4 members (excludes halogenated alkanes) is 2. The molecule has 1 fully saturated rings. The van der Waals surface area contributed by atoms with E-state index in [-0.39, 0.29) is 5.97 Å². The van der Waals surface area contributed by atoms with Crippen molar-refractivity contribution < 1.29 is 9.53 Å². The Kier molecular flexibility index (Phi) is 7.71. The molecule has 0 saturated heterocycles. The molecule has 0 amide bonds. The summed E-state index contributed by atoms with van der Waals surface area (Å²) in [6.45, 7) is 4.09. The van der Waals surface area contributed by atoms with Crippen molar-refractivity contribution in [3.05, 3.63) is 54.1 Å². The van der Waals surface area contributed by atoms with Gasteiger partial charge in [-0.2, -0.15) is 0 Å². The fraction of sp³-hybridized carbons (Fsp3) is 0.500. The lowest BCUT2D eigenvalue weighted by Crippen LogP contribution is -2.13. The SMILES string of the molecule is CCCCCC1CCC(c2ccc(-c3ccc(OC(=O)CC)cc3)cc2)CC1. The van der Waals surface area contributed by atoms with Gasteiger partial charge in [-0.15, -0.1) is 0 Å². The van der Waals surface area contributed by atoms with Gasteiger partial charge < -0.3 is 4.74 Å². The van der Waals surface area contributed by atoms with Crippen LogP contribution in [0.3, 0.4) is 0 Å². The van der Waals surface area contributed by atoms with Gasteiger partial charge in [0.1, 0.15) is 5.75 Å². The lowest BCUT2D eigenvalue weighted by molar-refractivity contribution is -0.134. The van der Waals surface area contributed by atoms with Crippen LogP contribution in [-0.2, 0) is 4.79 Å². The molecule has 150 valence electrons. The lowest BCUT2D eigenvalue weighted by Gasteiger charge is -2.29. The highest BCUT2D eigenvalue weighted by Gasteiger charge is 2.22. The second-order valence-corrected chi connectivity index (χ2v) is 8.19. The average molecular weight is 379 g/mol. The topological polar surface area (TPSA) is 26.3 Å². The van der Waals surface area contributed by atoms with E-state index in [0.29, 0.717) is 12.2 Å². The molecule has 1 aliphatic carbocycles. The fourth-order valence-electron chi connectivity index (χ4n) is 4.33. The first-order valence-corrected chi connectivity index (χ1v) is 11.1. The number of benzene rings is 2. The van der Waals surface area contributed by atoms with Crippen LogP contribution in [0.2, 0.25) is 0 Å². The van der Waals surface area contributed by atoms with Crippen molar-refractivity contribution in [2.45, 2.75) is 77.6 Å². The third-order valence-corrected chi connectivity index (χ3v) is 6.15. The molecular weight excluding hydrogens is 344 g/mol. The van der Waals surface area contributed by atoms with Gasteiger partial charge in [-0.25, -0.2) is 0 Å². The first kappa shape index (κ1) is 20.6. The molecule has 0 aromatic heterocycles. The summed E-state index contributed by atoms with van der Waals surface area (Å²) in [5.74, 6) is 2.11. The second-order valence-electron chi connectivity index (χ2n) is 8.19. The number of esters is 1. The van der Waals surface area contributed by atoms with Crippen molar-refractivity contribution in [1.29, 1.82) is 0 Å². The second kappa shape index (κ2) is 10.5. The van der Waals surface area contributed by atoms with Gasteiger partial charge in [0.15, 0.2) is 0 Å². The Morgan fingerprint density at radius 1 is 0.857 bits per heavy atom. The summed E-state index contributed by atoms with van der Waals surface area (Å²) in [6, 6.07) is 16.9. The molecule has 0 heterocycles. The molecule has 28 heavy (non-hydrogen) atoms. The van der Waals surface area contributed by atoms with Crippen LogP contribution in [-0.4, -0.2) is 5.97 Å². The molecule has 0 radical (unpaired) electrons. The summed E-state index contributed by atoms with van der Waals surface area (Å²) in [5, 5.41) is 0. The predicted molar refractivity (Wildman–Crippen MR) is 117 cm³/mol. The summed E-state index contributed by atoms with van der Waals surface area (Å²) in [6.07, 6.45) is 11.4. The third-order valence-electron chi connectivity index (χ3n) is 6.15. The molecule has 0 N–H and O–H groups in total. The first-order chi connectivity index (χ1) is 13.7. The Morgan fingerprint density at radius 3 is 2.04 bits per heavy atom. The number of carbonyl (C=O) groups excluding carboxylic acids is 1. The minimum atomic E-state index is -0.197. The highest BCUT2D eigenvalue weighted by atomic mass is 16.5. The zero-order valence-electron chi connectivity index (χ0n) is 17.5. The Morgan fingerprint density at radius 2 is 1.46 bits per heavy atom. The molecule has 0 aliphatic heterocycles. The summed E-state index contributed by atoms with van der Waals surface area (Å²) in [7, 11) is 0. The molecule has 2 aromatic rings. The molecule has 0 atom stereocenters. The normalized spacial score (nSPS) is 19.4. The average Bonchev–Trinajstić information content (AvgIpc) is 2.75. The van der Waals surface area contributed by atoms with E-state index in [1.165, 1.54) is 62.5 Å². The van der Waals surface area contributed by atoms with E-state index in [2.05, 4.69) is 31.2 Å². The Labute approximate surface area is 170 Å². The highest BCUT2D eigenvalue weighted by molar-refractivity contribution is 5.72. The summed E-state index contributed by atoms with van der Waals surface area (Å²) in [5.41, 5.74) is 3.86. The van der Waals surface area contributed by atoms with E-state index in [9.17, 15) is 4.79 Å². The molecule has 2 nitrogen and oxygen atoms in total. The van der Waals surface area contributed by atoms with Crippen LogP contribution in [0.15, 0.2) is 48.5 Å². The van der Waals surface area contributed by atoms with E-state index < -0.39 is 0 Å². The van der Waals surface area contributed by atoms with E-state index in [4.69, 9.17) is 4.74 Å². The largest absolute Gasteiger partial charge is 0.427 e. The summed E-state index contributed by atoms with van der Waals surface area (Å²) >= 11 is 0. The van der Waals surface area contributed by atoms with Crippen LogP contribution in [0.25, 0.3) is 11.1 Å². The zero-order valence-corrected chi connectivity index (χ0v) is 17.5. The quantitative estimate of drug-likeness (QED) is 0.270. The van der Waals surface area contributed by atoms with E-state index in [1.807, 2.05) is 24.3 Å². The third kappa shape index (κ3) is 5.70. The summed E-state index contributed by atoms with van der Waals surface area (Å²) < 4.78 is 5.25. The number of carbonyl (C=O) groups is 1. The molecule has 0 spiro atoms. The van der Waals surface area contributed by atoms with Gasteiger partial charge >= 0.3 is 5.97 Å². The maximum absolute atomic E-state index is 11.4. The maximum atomic E-state index is 11.4. The fourth-order valence-corrected chi connectivity index (χ4v) is 4.33. The molecule has 2 heteroatoms. The number of hydrogen-bond acceptors (Lipinski definition) is 2. The number of rotatable bonds is 8. The minimum absolute atomic E-state index is 0.197. The van der Waals surface area contributed by atoms with Crippen molar-refractivity contribution in [2.75, 3.05) is 0 Å². The van der Waals surface area contributed by atoms with Gasteiger partial charge in [-0.1, -0.05) is 75.9 Å². The van der Waals surface area contributed by atoms with Crippen molar-refractivity contribution in [2.24, 2.45) is 5.92 Å². The molecular formula is C26H34O2. The van der Waals surface area contributed by atoms with Crippen molar-refractivity contribution in [3.63, 3.8) is 0 Å². The predicted octanol–water partition coefficient (Wildman–Crippen LogP) is 7.52. The van der Waals surface area contributed by atoms with E-state index in [1.54, 1.807) is 6.92 Å². The smallest absolute Gasteiger partial charge is 0.310 e. The van der Waals surface area contributed by atoms with Crippen LogP contribution in [0.5, 0.6) is 5.75 Å². The Balaban J connectivity index is 1.54. The highest BCUT2D eigenvalue weighted by Crippen LogP contribution is 2.38. The summed E-state index contributed by atoms with van der Waals surface area (Å²) in [4.78, 5) is 11.4. The standard InChI is InChI=1S/C26H34O2/c1-3-5-6-7-20-8-10-21(11-9-20)22-12-14-23(15-13-22)24-16-18-25(19-17-24)28-26(27)4-2/h12-21H,3-11H2,1-2H3. The Hall–Kier alpha value is -2.09. The monoisotopic (exact) mass is 378 g/mol. The van der Waals surface area contributed by atoms with Gasteiger partial charge in [0.2, 0.25) is 0 Å². The zero-order chi connectivity index (χ0) is 19.8. The Bertz CT molecular complexity index is 722. The lowest BCUT2D eigenvalue weighted by atomic mass is 9.77. The molecule has 2 aromatic carbocycles. The maximum Gasteiger partial charge on any atom is 0.310 e. The van der Waals surface area contributed by atoms with Crippen molar-refractivity contribution in [3.8, 4) is 16.9 Å². The van der Waals surface area contributed by atoms with Crippen LogP contribution in [0, 0.1) is 5.92 Å². The van der Waals surface area contributed by atoms with Gasteiger partial charge in [-0.3, -0.25) is 4.79 Å². The minimum Gasteiger partial charge on any atom is -0.427 e. The van der Waals surface area contributed by atoms with Crippen LogP contribution < -0.4 is 4.74 Å². The molecule has 1 saturated carbocycles. The van der Waals surface area contributed by atoms with Gasteiger partial charge in [-0.05, 0) is 66.3 Å². The molecule has 3 rings (SSSR count).